The van der Waals surface area contributed by atoms with Crippen LogP contribution in [0.5, 0.6) is 5.19 Å². The Balaban J connectivity index is 1.16. The third-order valence-corrected chi connectivity index (χ3v) is 14.0. The molecule has 5 aliphatic rings. The zero-order valence-corrected chi connectivity index (χ0v) is 35.3. The minimum atomic E-state index is -3.92. The van der Waals surface area contributed by atoms with Crippen LogP contribution in [0.25, 0.3) is 11.3 Å². The molecule has 7 rings (SSSR count). The topological polar surface area (TPSA) is 193 Å². The lowest BCUT2D eigenvalue weighted by Crippen LogP contribution is -2.60. The van der Waals surface area contributed by atoms with E-state index < -0.39 is 74.1 Å². The van der Waals surface area contributed by atoms with Crippen LogP contribution in [0.1, 0.15) is 96.3 Å². The molecule has 4 fully saturated rings. The van der Waals surface area contributed by atoms with Gasteiger partial charge in [0.05, 0.1) is 17.0 Å². The molecule has 314 valence electrons. The molecule has 1 aromatic carbocycles. The van der Waals surface area contributed by atoms with Crippen LogP contribution in [0.2, 0.25) is 0 Å². The number of rotatable bonds is 8. The van der Waals surface area contributed by atoms with Crippen molar-refractivity contribution in [2.75, 3.05) is 19.6 Å². The number of nitrogens with one attached hydrogen (secondary N) is 3. The second kappa shape index (κ2) is 16.3. The molecule has 15 nitrogen and oxygen atoms in total. The number of hydrogen-bond acceptors (Lipinski definition) is 11. The zero-order valence-electron chi connectivity index (χ0n) is 33.7. The van der Waals surface area contributed by atoms with E-state index in [2.05, 4.69) is 20.3 Å². The van der Waals surface area contributed by atoms with Crippen molar-refractivity contribution in [1.29, 1.82) is 0 Å². The number of carbonyl (C=O) groups is 5. The molecule has 17 heteroatoms. The summed E-state index contributed by atoms with van der Waals surface area (Å²) < 4.78 is 39.4. The quantitative estimate of drug-likeness (QED) is 0.321. The Hall–Kier alpha value is -4.51. The number of aromatic nitrogens is 1. The fourth-order valence-corrected chi connectivity index (χ4v) is 10.5. The van der Waals surface area contributed by atoms with Crippen LogP contribution in [0.3, 0.4) is 0 Å². The monoisotopic (exact) mass is 838 g/mol. The number of likely N-dealkylation sites (tertiary alicyclic amines) is 1. The van der Waals surface area contributed by atoms with Crippen LogP contribution in [0, 0.1) is 17.8 Å². The summed E-state index contributed by atoms with van der Waals surface area (Å²) in [4.78, 5) is 78.1. The van der Waals surface area contributed by atoms with Crippen LogP contribution in [-0.2, 0) is 29.1 Å². The molecule has 4 heterocycles. The molecule has 3 N–H and O–H groups in total. The zero-order chi connectivity index (χ0) is 41.6. The molecule has 2 aliphatic carbocycles. The first-order valence-electron chi connectivity index (χ1n) is 20.3. The van der Waals surface area contributed by atoms with E-state index in [-0.39, 0.29) is 44.0 Å². The number of thiazole rings is 1. The van der Waals surface area contributed by atoms with Crippen LogP contribution in [-0.4, -0.2) is 107 Å². The first-order valence-corrected chi connectivity index (χ1v) is 22.7. The van der Waals surface area contributed by atoms with E-state index in [1.54, 1.807) is 43.9 Å². The molecule has 6 atom stereocenters. The highest BCUT2D eigenvalue weighted by atomic mass is 32.2. The number of hydrogen-bond donors (Lipinski definition) is 3. The number of amides is 5. The van der Waals surface area contributed by atoms with Gasteiger partial charge in [0, 0.05) is 53.9 Å². The normalized spacial score (nSPS) is 28.3. The summed E-state index contributed by atoms with van der Waals surface area (Å²) in [6.45, 7) is 9.60. The van der Waals surface area contributed by atoms with Crippen molar-refractivity contribution in [1.82, 2.24) is 30.1 Å². The maximum absolute atomic E-state index is 14.7. The second-order valence-corrected chi connectivity index (χ2v) is 20.3. The van der Waals surface area contributed by atoms with Gasteiger partial charge in [0.15, 0.2) is 0 Å². The Morgan fingerprint density at radius 3 is 2.55 bits per heavy atom. The highest BCUT2D eigenvalue weighted by molar-refractivity contribution is 7.91. The first kappa shape index (κ1) is 41.6. The third kappa shape index (κ3) is 9.19. The molecule has 0 unspecified atom stereocenters. The van der Waals surface area contributed by atoms with E-state index in [4.69, 9.17) is 9.47 Å². The van der Waals surface area contributed by atoms with Crippen molar-refractivity contribution in [2.45, 2.75) is 121 Å². The van der Waals surface area contributed by atoms with E-state index in [1.807, 2.05) is 37.4 Å². The number of allylic oxidation sites excluding steroid dienone is 1. The number of sulfonamides is 1. The smallest absolute Gasteiger partial charge is 0.408 e. The Labute approximate surface area is 343 Å². The molecule has 0 radical (unpaired) electrons. The molecule has 2 saturated heterocycles. The standard InChI is InChI=1S/C41H54N6O9S2/c1-24(2)55-39-43-32(23-57-39)25-12-11-13-26(18-25)35(49)46-20-27-21-47-33(30(27)22-46)34(48)44-41(37(51)45-58(53,54)29-16-17-29)19-28(41)14-9-7-6-8-10-15-31(36(47)50)42-38(52)56-40(3,4)5/h9,11-14,18,23-24,27-31,33H,6-8,10,15-17,19-22H2,1-5H3,(H,42,52)(H,44,48)(H,45,51)/b14-9-/t27-,28-,30-,31-,33-,41+/m0/s1. The second-order valence-electron chi connectivity index (χ2n) is 17.5. The lowest BCUT2D eigenvalue weighted by molar-refractivity contribution is -0.142. The van der Waals surface area contributed by atoms with Gasteiger partial charge in [-0.15, -0.1) is 0 Å². The molecule has 1 aromatic heterocycles. The Bertz CT molecular complexity index is 2080. The molecule has 58 heavy (non-hydrogen) atoms. The number of benzene rings is 1. The predicted molar refractivity (Wildman–Crippen MR) is 216 cm³/mol. The number of nitrogens with zero attached hydrogens (tertiary/aromatic N) is 3. The number of carbonyl (C=O) groups excluding carboxylic acids is 5. The lowest BCUT2D eigenvalue weighted by Gasteiger charge is -2.33. The molecule has 0 bridgehead atoms. The predicted octanol–water partition coefficient (Wildman–Crippen LogP) is 4.39. The maximum Gasteiger partial charge on any atom is 0.408 e. The minimum Gasteiger partial charge on any atom is -0.467 e. The van der Waals surface area contributed by atoms with Crippen LogP contribution in [0.15, 0.2) is 41.8 Å². The number of alkyl carbamates (subject to hydrolysis) is 1. The fourth-order valence-electron chi connectivity index (χ4n) is 8.33. The largest absolute Gasteiger partial charge is 0.467 e. The summed E-state index contributed by atoms with van der Waals surface area (Å²) in [6.07, 6.45) is 7.34. The van der Waals surface area contributed by atoms with Crippen molar-refractivity contribution in [3.05, 3.63) is 47.4 Å². The highest BCUT2D eigenvalue weighted by Crippen LogP contribution is 2.47. The Morgan fingerprint density at radius 2 is 1.83 bits per heavy atom. The summed E-state index contributed by atoms with van der Waals surface area (Å²) in [5.74, 6) is -3.35. The lowest BCUT2D eigenvalue weighted by atomic mass is 9.93. The van der Waals surface area contributed by atoms with Gasteiger partial charge in [-0.25, -0.2) is 18.2 Å². The summed E-state index contributed by atoms with van der Waals surface area (Å²) in [5, 5.41) is 7.47. The SMILES string of the molecule is CC(C)Oc1nc(-c2cccc(C(=O)N3C[C@H]4CN5C(=O)[C@@H](NC(=O)OC(C)(C)C)CCCCC/C=C\[C@H]6C[C@@]6(C(=O)NS(=O)(=O)C6CC6)NC(=O)[C@@H]5[C@H]4C3)c2)cs1. The molecule has 0 spiro atoms. The van der Waals surface area contributed by atoms with Gasteiger partial charge in [-0.3, -0.25) is 23.9 Å². The summed E-state index contributed by atoms with van der Waals surface area (Å²) in [5.41, 5.74) is -0.461. The van der Waals surface area contributed by atoms with Crippen molar-refractivity contribution in [3.63, 3.8) is 0 Å². The molecule has 2 aromatic rings. The maximum atomic E-state index is 14.7. The summed E-state index contributed by atoms with van der Waals surface area (Å²) >= 11 is 1.38. The molecular weight excluding hydrogens is 785 g/mol. The van der Waals surface area contributed by atoms with Crippen molar-refractivity contribution in [2.24, 2.45) is 17.8 Å². The first-order chi connectivity index (χ1) is 27.4. The summed E-state index contributed by atoms with van der Waals surface area (Å²) in [6, 6.07) is 5.08. The van der Waals surface area contributed by atoms with Gasteiger partial charge in [0.1, 0.15) is 23.2 Å². The van der Waals surface area contributed by atoms with Crippen LogP contribution < -0.4 is 20.1 Å². The fraction of sp³-hybridized carbons (Fsp3) is 0.610. The average Bonchev–Trinajstić information content (AvgIpc) is 3.98. The van der Waals surface area contributed by atoms with Gasteiger partial charge in [0.2, 0.25) is 21.8 Å². The molecule has 3 aliphatic heterocycles. The highest BCUT2D eigenvalue weighted by Gasteiger charge is 2.63. The van der Waals surface area contributed by atoms with E-state index in [0.717, 1.165) is 18.4 Å². The number of ether oxygens (including phenoxy) is 2. The van der Waals surface area contributed by atoms with Crippen molar-refractivity contribution < 1.29 is 41.9 Å². The van der Waals surface area contributed by atoms with Crippen LogP contribution >= 0.6 is 11.3 Å². The van der Waals surface area contributed by atoms with Gasteiger partial charge in [0.25, 0.3) is 17.0 Å². The van der Waals surface area contributed by atoms with Gasteiger partial charge >= 0.3 is 6.09 Å². The Kier molecular flexibility index (Phi) is 11.7. The Morgan fingerprint density at radius 1 is 1.05 bits per heavy atom. The average molecular weight is 839 g/mol. The van der Waals surface area contributed by atoms with Gasteiger partial charge < -0.3 is 29.9 Å². The van der Waals surface area contributed by atoms with Crippen molar-refractivity contribution in [3.8, 4) is 16.5 Å². The van der Waals surface area contributed by atoms with Gasteiger partial charge in [-0.05, 0) is 85.3 Å². The summed E-state index contributed by atoms with van der Waals surface area (Å²) in [7, 11) is -3.92. The van der Waals surface area contributed by atoms with E-state index in [0.29, 0.717) is 48.6 Å². The van der Waals surface area contributed by atoms with E-state index in [1.165, 1.54) is 16.2 Å². The van der Waals surface area contributed by atoms with E-state index in [9.17, 15) is 32.4 Å². The third-order valence-electron chi connectivity index (χ3n) is 11.4. The molecule has 2 saturated carbocycles. The molecular formula is C41H54N6O9S2. The van der Waals surface area contributed by atoms with Crippen molar-refractivity contribution >= 4 is 51.1 Å². The van der Waals surface area contributed by atoms with Gasteiger partial charge in [-0.2, -0.15) is 0 Å². The minimum absolute atomic E-state index is 0.0325. The molecule has 5 amide bonds. The van der Waals surface area contributed by atoms with E-state index >= 15 is 0 Å². The van der Waals surface area contributed by atoms with Gasteiger partial charge in [-0.1, -0.05) is 48.5 Å². The van der Waals surface area contributed by atoms with Crippen LogP contribution in [0.4, 0.5) is 4.79 Å². The number of fused-ring (bicyclic) bond motifs is 4.